The highest BCUT2D eigenvalue weighted by Crippen LogP contribution is 2.34. The molecule has 1 aromatic heterocycles. The van der Waals surface area contributed by atoms with Crippen LogP contribution in [0.4, 0.5) is 0 Å². The lowest BCUT2D eigenvalue weighted by Gasteiger charge is -2.22. The van der Waals surface area contributed by atoms with Crippen LogP contribution in [0.1, 0.15) is 32.3 Å². The lowest BCUT2D eigenvalue weighted by Crippen LogP contribution is -2.24. The third-order valence-corrected chi connectivity index (χ3v) is 5.28. The van der Waals surface area contributed by atoms with Gasteiger partial charge in [-0.3, -0.25) is 0 Å². The first-order chi connectivity index (χ1) is 13.4. The summed E-state index contributed by atoms with van der Waals surface area (Å²) in [6.45, 7) is 3.90. The van der Waals surface area contributed by atoms with Crippen LogP contribution in [0, 0.1) is 11.8 Å². The summed E-state index contributed by atoms with van der Waals surface area (Å²) in [5, 5.41) is 30.3. The van der Waals surface area contributed by atoms with Crippen molar-refractivity contribution in [1.29, 1.82) is 0 Å². The second-order valence-electron chi connectivity index (χ2n) is 7.50. The summed E-state index contributed by atoms with van der Waals surface area (Å²) in [7, 11) is 0. The van der Waals surface area contributed by atoms with Gasteiger partial charge in [0.05, 0.1) is 0 Å². The molecule has 0 saturated heterocycles. The molecule has 0 saturated carbocycles. The fraction of sp³-hybridized carbons (Fsp3) is 0.348. The Hall–Kier alpha value is -2.63. The largest absolute Gasteiger partial charge is 0.508 e. The molecule has 1 heterocycles. The van der Waals surface area contributed by atoms with Crippen molar-refractivity contribution in [3.8, 4) is 16.9 Å². The van der Waals surface area contributed by atoms with E-state index in [2.05, 4.69) is 0 Å². The van der Waals surface area contributed by atoms with E-state index in [4.69, 9.17) is 4.42 Å². The highest BCUT2D eigenvalue weighted by atomic mass is 16.5. The molecule has 1 atom stereocenters. The second-order valence-corrected chi connectivity index (χ2v) is 7.50. The molecule has 0 radical (unpaired) electrons. The Morgan fingerprint density at radius 1 is 1.04 bits per heavy atom. The maximum atomic E-state index is 12.2. The van der Waals surface area contributed by atoms with Crippen molar-refractivity contribution in [2.75, 3.05) is 0 Å². The zero-order chi connectivity index (χ0) is 20.3. The van der Waals surface area contributed by atoms with Gasteiger partial charge in [0.2, 0.25) is 0 Å². The number of hydrogen-bond acceptors (Lipinski definition) is 5. The molecule has 28 heavy (non-hydrogen) atoms. The van der Waals surface area contributed by atoms with Gasteiger partial charge >= 0.3 is 5.63 Å². The quantitative estimate of drug-likeness (QED) is 0.423. The van der Waals surface area contributed by atoms with Crippen LogP contribution in [0.3, 0.4) is 0 Å². The van der Waals surface area contributed by atoms with Gasteiger partial charge in [-0.2, -0.15) is 0 Å². The van der Waals surface area contributed by atoms with Crippen LogP contribution in [-0.2, 0) is 6.42 Å². The molecule has 0 bridgehead atoms. The summed E-state index contributed by atoms with van der Waals surface area (Å²) >= 11 is 0. The van der Waals surface area contributed by atoms with Crippen molar-refractivity contribution in [2.24, 2.45) is 11.8 Å². The Morgan fingerprint density at radius 2 is 1.75 bits per heavy atom. The number of hydrogen-bond donors (Lipinski definition) is 3. The van der Waals surface area contributed by atoms with Gasteiger partial charge < -0.3 is 19.7 Å². The van der Waals surface area contributed by atoms with E-state index >= 15 is 0 Å². The number of fused-ring (bicyclic) bond motifs is 1. The number of rotatable bonds is 7. The summed E-state index contributed by atoms with van der Waals surface area (Å²) in [6, 6.07) is 14.4. The van der Waals surface area contributed by atoms with Gasteiger partial charge in [-0.25, -0.2) is 4.79 Å². The molecule has 0 aliphatic heterocycles. The number of benzene rings is 2. The number of aliphatic hydroxyl groups excluding tert-OH is 1. The van der Waals surface area contributed by atoms with Crippen molar-refractivity contribution in [1.82, 2.24) is 0 Å². The predicted octanol–water partition coefficient (Wildman–Crippen LogP) is 4.07. The number of aliphatic hydroxyl groups is 2. The van der Waals surface area contributed by atoms with Gasteiger partial charge in [0, 0.05) is 22.9 Å². The molecule has 0 spiro atoms. The molecular formula is C23H26O5. The van der Waals surface area contributed by atoms with Gasteiger partial charge in [-0.15, -0.1) is 0 Å². The normalized spacial score (nSPS) is 12.8. The average Bonchev–Trinajstić information content (AvgIpc) is 2.66. The van der Waals surface area contributed by atoms with E-state index in [0.717, 1.165) is 16.5 Å². The summed E-state index contributed by atoms with van der Waals surface area (Å²) in [4.78, 5) is 12.2. The average molecular weight is 382 g/mol. The molecule has 2 aromatic carbocycles. The predicted molar refractivity (Wildman–Crippen MR) is 109 cm³/mol. The molecule has 0 amide bonds. The van der Waals surface area contributed by atoms with Gasteiger partial charge in [-0.1, -0.05) is 44.2 Å². The van der Waals surface area contributed by atoms with E-state index in [0.29, 0.717) is 30.4 Å². The van der Waals surface area contributed by atoms with E-state index < -0.39 is 11.9 Å². The Balaban J connectivity index is 1.98. The van der Waals surface area contributed by atoms with E-state index in [-0.39, 0.29) is 17.6 Å². The van der Waals surface area contributed by atoms with Crippen molar-refractivity contribution in [3.05, 3.63) is 64.5 Å². The Morgan fingerprint density at radius 3 is 2.39 bits per heavy atom. The van der Waals surface area contributed by atoms with E-state index in [1.165, 1.54) is 6.07 Å². The second kappa shape index (κ2) is 8.59. The van der Waals surface area contributed by atoms with Crippen LogP contribution in [0.2, 0.25) is 0 Å². The van der Waals surface area contributed by atoms with Crippen LogP contribution in [0.25, 0.3) is 22.1 Å². The molecule has 0 aliphatic carbocycles. The number of phenols is 1. The highest BCUT2D eigenvalue weighted by molar-refractivity contribution is 5.95. The maximum Gasteiger partial charge on any atom is 0.336 e. The minimum absolute atomic E-state index is 0.0755. The molecule has 148 valence electrons. The Bertz CT molecular complexity index is 981. The van der Waals surface area contributed by atoms with Crippen LogP contribution in [0.5, 0.6) is 5.75 Å². The summed E-state index contributed by atoms with van der Waals surface area (Å²) in [5.41, 5.74) is 2.16. The van der Waals surface area contributed by atoms with Crippen LogP contribution in [-0.4, -0.2) is 21.6 Å². The van der Waals surface area contributed by atoms with Gasteiger partial charge in [0.1, 0.15) is 11.3 Å². The van der Waals surface area contributed by atoms with E-state index in [1.54, 1.807) is 12.1 Å². The van der Waals surface area contributed by atoms with Crippen LogP contribution in [0.15, 0.2) is 57.7 Å². The summed E-state index contributed by atoms with van der Waals surface area (Å²) < 4.78 is 5.47. The first-order valence-electron chi connectivity index (χ1n) is 9.58. The zero-order valence-corrected chi connectivity index (χ0v) is 16.1. The monoisotopic (exact) mass is 382 g/mol. The third kappa shape index (κ3) is 4.26. The lowest BCUT2D eigenvalue weighted by molar-refractivity contribution is -0.0990. The standard InChI is InChI=1S/C23H26O5/c1-14(2)16(23(26)27)9-6-10-18-20(24)12-11-17-19(13-21(25)28-22(17)18)15-7-4-3-5-8-15/h3-5,7-8,11-14,16,23-24,26-27H,6,9-10H2,1-2H3/t16-/m1/s1. The Labute approximate surface area is 163 Å². The van der Waals surface area contributed by atoms with Crippen molar-refractivity contribution >= 4 is 11.0 Å². The number of aromatic hydroxyl groups is 1. The molecule has 5 nitrogen and oxygen atoms in total. The molecule has 5 heteroatoms. The van der Waals surface area contributed by atoms with Gasteiger partial charge in [-0.05, 0) is 48.4 Å². The fourth-order valence-electron chi connectivity index (χ4n) is 3.71. The van der Waals surface area contributed by atoms with E-state index in [1.807, 2.05) is 44.2 Å². The van der Waals surface area contributed by atoms with Crippen LogP contribution >= 0.6 is 0 Å². The molecular weight excluding hydrogens is 356 g/mol. The molecule has 0 aliphatic rings. The smallest absolute Gasteiger partial charge is 0.336 e. The van der Waals surface area contributed by atoms with Crippen LogP contribution < -0.4 is 5.63 Å². The summed E-state index contributed by atoms with van der Waals surface area (Å²) in [6.07, 6.45) is 0.323. The molecule has 3 aromatic rings. The van der Waals surface area contributed by atoms with Gasteiger partial charge in [0.25, 0.3) is 0 Å². The summed E-state index contributed by atoms with van der Waals surface area (Å²) in [5.74, 6) is -0.0424. The number of aryl methyl sites for hydroxylation is 1. The zero-order valence-electron chi connectivity index (χ0n) is 16.1. The highest BCUT2D eigenvalue weighted by Gasteiger charge is 2.21. The van der Waals surface area contributed by atoms with Crippen molar-refractivity contribution < 1.29 is 19.7 Å². The Kier molecular flexibility index (Phi) is 6.17. The minimum Gasteiger partial charge on any atom is -0.508 e. The molecule has 0 fully saturated rings. The van der Waals surface area contributed by atoms with E-state index in [9.17, 15) is 20.1 Å². The van der Waals surface area contributed by atoms with Crippen molar-refractivity contribution in [3.63, 3.8) is 0 Å². The fourth-order valence-corrected chi connectivity index (χ4v) is 3.71. The maximum absolute atomic E-state index is 12.2. The first kappa shape index (κ1) is 20.1. The first-order valence-corrected chi connectivity index (χ1v) is 9.58. The molecule has 3 rings (SSSR count). The lowest BCUT2D eigenvalue weighted by atomic mass is 9.89. The third-order valence-electron chi connectivity index (χ3n) is 5.28. The molecule has 0 unspecified atom stereocenters. The number of phenolic OH excluding ortho intramolecular Hbond substituents is 1. The topological polar surface area (TPSA) is 90.9 Å². The molecule has 3 N–H and O–H groups in total. The SMILES string of the molecule is CC(C)[C@@H](CCCc1c(O)ccc2c(-c3ccccc3)cc(=O)oc12)C(O)O. The minimum atomic E-state index is -1.37. The van der Waals surface area contributed by atoms with Crippen molar-refractivity contribution in [2.45, 2.75) is 39.4 Å². The van der Waals surface area contributed by atoms with Gasteiger partial charge in [0.15, 0.2) is 6.29 Å².